The third-order valence-corrected chi connectivity index (χ3v) is 3.86. The Morgan fingerprint density at radius 3 is 2.89 bits per heavy atom. The van der Waals surface area contributed by atoms with Gasteiger partial charge in [-0.05, 0) is 25.3 Å². The first-order valence-electron chi connectivity index (χ1n) is 6.19. The van der Waals surface area contributed by atoms with Crippen molar-refractivity contribution in [2.75, 3.05) is 12.4 Å². The predicted octanol–water partition coefficient (Wildman–Crippen LogP) is 2.70. The fraction of sp³-hybridized carbons (Fsp3) is 0.429. The molecule has 4 heteroatoms. The molecule has 0 fully saturated rings. The summed E-state index contributed by atoms with van der Waals surface area (Å²) in [4.78, 5) is 15.9. The molecule has 18 heavy (non-hydrogen) atoms. The van der Waals surface area contributed by atoms with Gasteiger partial charge in [-0.1, -0.05) is 30.3 Å². The zero-order valence-electron chi connectivity index (χ0n) is 10.5. The van der Waals surface area contributed by atoms with Gasteiger partial charge in [0, 0.05) is 5.75 Å². The van der Waals surface area contributed by atoms with Crippen molar-refractivity contribution >= 4 is 22.8 Å². The van der Waals surface area contributed by atoms with Gasteiger partial charge >= 0.3 is 5.97 Å². The molecule has 1 aliphatic heterocycles. The maximum Gasteiger partial charge on any atom is 0.331 e. The molecule has 0 saturated heterocycles. The van der Waals surface area contributed by atoms with E-state index >= 15 is 0 Å². The minimum Gasteiger partial charge on any atom is -0.464 e. The van der Waals surface area contributed by atoms with Crippen molar-refractivity contribution in [1.82, 2.24) is 0 Å². The van der Waals surface area contributed by atoms with Gasteiger partial charge in [-0.25, -0.2) is 4.79 Å². The molecule has 0 amide bonds. The summed E-state index contributed by atoms with van der Waals surface area (Å²) in [5, 5.41) is 1.07. The lowest BCUT2D eigenvalue weighted by Crippen LogP contribution is -2.21. The van der Waals surface area contributed by atoms with Crippen LogP contribution in [0.25, 0.3) is 0 Å². The van der Waals surface area contributed by atoms with Gasteiger partial charge in [0.05, 0.1) is 11.7 Å². The number of benzene rings is 1. The minimum absolute atomic E-state index is 0.195. The maximum atomic E-state index is 11.5. The molecular formula is C14H17NO2S. The number of esters is 1. The molecule has 3 nitrogen and oxygen atoms in total. The number of aliphatic imine (C=N–C) groups is 1. The molecule has 2 rings (SSSR count). The summed E-state index contributed by atoms with van der Waals surface area (Å²) in [6, 6.07) is 10.0. The van der Waals surface area contributed by atoms with Gasteiger partial charge in [-0.2, -0.15) is 0 Å². The highest BCUT2D eigenvalue weighted by molar-refractivity contribution is 8.14. The molecule has 1 aromatic rings. The van der Waals surface area contributed by atoms with E-state index in [0.717, 1.165) is 23.6 Å². The Bertz CT molecular complexity index is 431. The number of ether oxygens (including phenoxy) is 1. The second-order valence-electron chi connectivity index (χ2n) is 4.09. The van der Waals surface area contributed by atoms with Gasteiger partial charge in [0.15, 0.2) is 6.04 Å². The van der Waals surface area contributed by atoms with E-state index in [4.69, 9.17) is 4.74 Å². The molecule has 0 spiro atoms. The van der Waals surface area contributed by atoms with Gasteiger partial charge in [-0.15, -0.1) is 11.8 Å². The first-order chi connectivity index (χ1) is 8.79. The Labute approximate surface area is 112 Å². The molecule has 1 heterocycles. The monoisotopic (exact) mass is 263 g/mol. The van der Waals surface area contributed by atoms with E-state index in [1.165, 1.54) is 5.56 Å². The fourth-order valence-electron chi connectivity index (χ4n) is 1.82. The van der Waals surface area contributed by atoms with E-state index < -0.39 is 0 Å². The van der Waals surface area contributed by atoms with Crippen molar-refractivity contribution in [2.45, 2.75) is 25.8 Å². The smallest absolute Gasteiger partial charge is 0.331 e. The Kier molecular flexibility index (Phi) is 4.81. The fourth-order valence-corrected chi connectivity index (χ4v) is 2.82. The van der Waals surface area contributed by atoms with Crippen LogP contribution in [0, 0.1) is 0 Å². The number of hydrogen-bond donors (Lipinski definition) is 0. The largest absolute Gasteiger partial charge is 0.464 e. The summed E-state index contributed by atoms with van der Waals surface area (Å²) in [6.45, 7) is 2.24. The molecule has 1 unspecified atom stereocenters. The number of carbonyl (C=O) groups is 1. The molecule has 1 atom stereocenters. The first-order valence-corrected chi connectivity index (χ1v) is 7.18. The van der Waals surface area contributed by atoms with Crippen molar-refractivity contribution in [2.24, 2.45) is 4.99 Å². The van der Waals surface area contributed by atoms with Gasteiger partial charge in [0.25, 0.3) is 0 Å². The molecule has 0 aliphatic carbocycles. The number of thioether (sulfide) groups is 1. The highest BCUT2D eigenvalue weighted by atomic mass is 32.2. The third-order valence-electron chi connectivity index (χ3n) is 2.74. The van der Waals surface area contributed by atoms with Crippen molar-refractivity contribution < 1.29 is 9.53 Å². The SMILES string of the molecule is CCOC(=O)C1CSC(CCc2ccccc2)=N1. The van der Waals surface area contributed by atoms with E-state index in [1.54, 1.807) is 11.8 Å². The molecule has 1 aromatic carbocycles. The lowest BCUT2D eigenvalue weighted by molar-refractivity contribution is -0.143. The molecule has 1 aliphatic rings. The van der Waals surface area contributed by atoms with Crippen LogP contribution in [0.5, 0.6) is 0 Å². The Balaban J connectivity index is 1.84. The van der Waals surface area contributed by atoms with Gasteiger partial charge in [0.2, 0.25) is 0 Å². The number of carbonyl (C=O) groups excluding carboxylic acids is 1. The molecule has 0 bridgehead atoms. The van der Waals surface area contributed by atoms with Crippen LogP contribution in [-0.4, -0.2) is 29.4 Å². The molecule has 0 N–H and O–H groups in total. The Morgan fingerprint density at radius 1 is 1.39 bits per heavy atom. The zero-order valence-corrected chi connectivity index (χ0v) is 11.3. The summed E-state index contributed by atoms with van der Waals surface area (Å²) in [7, 11) is 0. The second kappa shape index (κ2) is 6.59. The molecular weight excluding hydrogens is 246 g/mol. The second-order valence-corrected chi connectivity index (χ2v) is 5.18. The third kappa shape index (κ3) is 3.60. The van der Waals surface area contributed by atoms with Crippen LogP contribution in [0.3, 0.4) is 0 Å². The summed E-state index contributed by atoms with van der Waals surface area (Å²) < 4.78 is 4.98. The van der Waals surface area contributed by atoms with E-state index in [1.807, 2.05) is 25.1 Å². The predicted molar refractivity (Wildman–Crippen MR) is 75.1 cm³/mol. The normalized spacial score (nSPS) is 18.5. The Morgan fingerprint density at radius 2 is 2.17 bits per heavy atom. The summed E-state index contributed by atoms with van der Waals surface area (Å²) in [5.41, 5.74) is 1.31. The first kappa shape index (κ1) is 13.1. The van der Waals surface area contributed by atoms with Crippen LogP contribution in [-0.2, 0) is 16.0 Å². The van der Waals surface area contributed by atoms with Crippen molar-refractivity contribution in [3.05, 3.63) is 35.9 Å². The van der Waals surface area contributed by atoms with Gasteiger partial charge in [-0.3, -0.25) is 4.99 Å². The van der Waals surface area contributed by atoms with Crippen LogP contribution in [0.15, 0.2) is 35.3 Å². The number of aryl methyl sites for hydroxylation is 1. The topological polar surface area (TPSA) is 38.7 Å². The maximum absolute atomic E-state index is 11.5. The van der Waals surface area contributed by atoms with Crippen LogP contribution in [0.2, 0.25) is 0 Å². The number of rotatable bonds is 5. The average molecular weight is 263 g/mol. The van der Waals surface area contributed by atoms with Gasteiger partial charge < -0.3 is 4.74 Å². The van der Waals surface area contributed by atoms with Crippen LogP contribution >= 0.6 is 11.8 Å². The zero-order chi connectivity index (χ0) is 12.8. The summed E-state index contributed by atoms with van der Waals surface area (Å²) >= 11 is 1.67. The van der Waals surface area contributed by atoms with E-state index in [2.05, 4.69) is 17.1 Å². The molecule has 0 aromatic heterocycles. The van der Waals surface area contributed by atoms with Crippen molar-refractivity contribution in [3.63, 3.8) is 0 Å². The molecule has 96 valence electrons. The molecule has 0 radical (unpaired) electrons. The van der Waals surface area contributed by atoms with Crippen molar-refractivity contribution in [1.29, 1.82) is 0 Å². The number of hydrogen-bond acceptors (Lipinski definition) is 4. The van der Waals surface area contributed by atoms with Crippen LogP contribution < -0.4 is 0 Å². The highest BCUT2D eigenvalue weighted by Crippen LogP contribution is 2.22. The summed E-state index contributed by atoms with van der Waals surface area (Å²) in [6.07, 6.45) is 1.88. The summed E-state index contributed by atoms with van der Waals surface area (Å²) in [5.74, 6) is 0.530. The van der Waals surface area contributed by atoms with E-state index in [0.29, 0.717) is 6.61 Å². The van der Waals surface area contributed by atoms with E-state index in [-0.39, 0.29) is 12.0 Å². The average Bonchev–Trinajstić information content (AvgIpc) is 2.87. The van der Waals surface area contributed by atoms with E-state index in [9.17, 15) is 4.79 Å². The quantitative estimate of drug-likeness (QED) is 0.767. The lowest BCUT2D eigenvalue weighted by atomic mass is 10.1. The minimum atomic E-state index is -0.291. The van der Waals surface area contributed by atoms with Gasteiger partial charge in [0.1, 0.15) is 0 Å². The van der Waals surface area contributed by atoms with Crippen molar-refractivity contribution in [3.8, 4) is 0 Å². The van der Waals surface area contributed by atoms with Crippen LogP contribution in [0.4, 0.5) is 0 Å². The molecule has 0 saturated carbocycles. The highest BCUT2D eigenvalue weighted by Gasteiger charge is 2.25. The lowest BCUT2D eigenvalue weighted by Gasteiger charge is -2.03. The standard InChI is InChI=1S/C14H17NO2S/c1-2-17-14(16)12-10-18-13(15-12)9-8-11-6-4-3-5-7-11/h3-7,12H,2,8-10H2,1H3. The van der Waals surface area contributed by atoms with Crippen LogP contribution in [0.1, 0.15) is 18.9 Å². The Hall–Kier alpha value is -1.29. The number of nitrogens with zero attached hydrogens (tertiary/aromatic N) is 1.